The molecule has 0 unspecified atom stereocenters. The molecule has 5 nitrogen and oxygen atoms in total. The Hall–Kier alpha value is -1.66. The van der Waals surface area contributed by atoms with E-state index in [9.17, 15) is 18.4 Å². The fraction of sp³-hybridized carbons (Fsp3) is 0.500. The number of amides is 2. The van der Waals surface area contributed by atoms with Gasteiger partial charge in [-0.15, -0.1) is 0 Å². The number of allylic oxidation sites excluding steroid dienone is 1. The van der Waals surface area contributed by atoms with Crippen molar-refractivity contribution in [3.05, 3.63) is 12.0 Å². The summed E-state index contributed by atoms with van der Waals surface area (Å²) in [5.74, 6) is -2.76. The van der Waals surface area contributed by atoms with Crippen molar-refractivity contribution in [3.63, 3.8) is 0 Å². The lowest BCUT2D eigenvalue weighted by molar-refractivity contribution is -0.113. The Labute approximate surface area is 83.9 Å². The van der Waals surface area contributed by atoms with Crippen molar-refractivity contribution in [2.75, 3.05) is 19.8 Å². The van der Waals surface area contributed by atoms with Crippen LogP contribution in [0.3, 0.4) is 0 Å². The summed E-state index contributed by atoms with van der Waals surface area (Å²) in [4.78, 5) is 23.8. The van der Waals surface area contributed by atoms with Crippen LogP contribution in [0, 0.1) is 0 Å². The normalized spacial score (nSPS) is 22.9. The molecular weight excluding hydrogens is 210 g/mol. The van der Waals surface area contributed by atoms with E-state index < -0.39 is 25.0 Å². The number of carbonyl (C=O) groups excluding carboxylic acids is 2. The van der Waals surface area contributed by atoms with Crippen molar-refractivity contribution in [1.82, 2.24) is 9.80 Å². The summed E-state index contributed by atoms with van der Waals surface area (Å²) in [6.07, 6.45) is 1.66. The summed E-state index contributed by atoms with van der Waals surface area (Å²) in [5.41, 5.74) is 0. The molecule has 0 radical (unpaired) electrons. The van der Waals surface area contributed by atoms with Crippen molar-refractivity contribution < 1.29 is 23.1 Å². The van der Waals surface area contributed by atoms with Gasteiger partial charge in [0.25, 0.3) is 5.92 Å². The first-order valence-electron chi connectivity index (χ1n) is 4.25. The fourth-order valence-electron chi connectivity index (χ4n) is 1.38. The molecule has 2 aliphatic rings. The summed E-state index contributed by atoms with van der Waals surface area (Å²) in [6, 6.07) is -0.572. The zero-order valence-corrected chi connectivity index (χ0v) is 7.65. The first kappa shape index (κ1) is 9.88. The molecule has 0 aromatic heterocycles. The summed E-state index contributed by atoms with van der Waals surface area (Å²) in [7, 11) is 0. The smallest absolute Gasteiger partial charge is 0.327 e. The minimum Gasteiger partial charge on any atom is -0.468 e. The minimum absolute atomic E-state index is 0.0237. The van der Waals surface area contributed by atoms with Crippen LogP contribution in [0.5, 0.6) is 0 Å². The van der Waals surface area contributed by atoms with Gasteiger partial charge in [-0.05, 0) is 0 Å². The largest absolute Gasteiger partial charge is 0.468 e. The van der Waals surface area contributed by atoms with Crippen molar-refractivity contribution >= 4 is 12.3 Å². The van der Waals surface area contributed by atoms with Gasteiger partial charge in [-0.3, -0.25) is 9.69 Å². The standard InChI is InChI=1S/C8H8F2N2O3/c9-8(10)3-12(4-8)7(14)11-1-6(2-13)15-5-11/h1-2H,3-5H2. The molecule has 2 aliphatic heterocycles. The first-order chi connectivity index (χ1) is 7.02. The number of nitrogens with zero attached hydrogens (tertiary/aromatic N) is 2. The highest BCUT2D eigenvalue weighted by Crippen LogP contribution is 2.28. The summed E-state index contributed by atoms with van der Waals surface area (Å²) in [6.45, 7) is -1.26. The lowest BCUT2D eigenvalue weighted by Crippen LogP contribution is -2.60. The second-order valence-corrected chi connectivity index (χ2v) is 3.39. The van der Waals surface area contributed by atoms with E-state index in [1.807, 2.05) is 0 Å². The highest BCUT2D eigenvalue weighted by molar-refractivity contribution is 5.79. The number of likely N-dealkylation sites (tertiary alicyclic amines) is 1. The Bertz CT molecular complexity index is 335. The Morgan fingerprint density at radius 1 is 1.53 bits per heavy atom. The van der Waals surface area contributed by atoms with E-state index in [4.69, 9.17) is 4.74 Å². The van der Waals surface area contributed by atoms with E-state index in [1.54, 1.807) is 0 Å². The molecule has 0 atom stereocenters. The molecule has 0 spiro atoms. The number of rotatable bonds is 1. The lowest BCUT2D eigenvalue weighted by atomic mass is 10.2. The third-order valence-electron chi connectivity index (χ3n) is 2.13. The average molecular weight is 218 g/mol. The minimum atomic E-state index is -2.78. The number of ether oxygens (including phenoxy) is 1. The van der Waals surface area contributed by atoms with Crippen LogP contribution in [0.25, 0.3) is 0 Å². The highest BCUT2D eigenvalue weighted by Gasteiger charge is 2.47. The van der Waals surface area contributed by atoms with Crippen LogP contribution in [0.4, 0.5) is 13.6 Å². The second-order valence-electron chi connectivity index (χ2n) is 3.39. The van der Waals surface area contributed by atoms with Crippen molar-refractivity contribution in [3.8, 4) is 0 Å². The predicted octanol–water partition coefficient (Wildman–Crippen LogP) is 0.387. The molecule has 2 rings (SSSR count). The molecule has 2 amide bonds. The van der Waals surface area contributed by atoms with Gasteiger partial charge in [-0.2, -0.15) is 0 Å². The van der Waals surface area contributed by atoms with Gasteiger partial charge in [0.15, 0.2) is 18.8 Å². The Morgan fingerprint density at radius 3 is 2.67 bits per heavy atom. The topological polar surface area (TPSA) is 49.9 Å². The van der Waals surface area contributed by atoms with E-state index >= 15 is 0 Å². The van der Waals surface area contributed by atoms with Crippen molar-refractivity contribution in [2.45, 2.75) is 5.92 Å². The zero-order valence-electron chi connectivity index (χ0n) is 7.65. The fourth-order valence-corrected chi connectivity index (χ4v) is 1.38. The molecule has 0 N–H and O–H groups in total. The molecular formula is C8H8F2N2O3. The number of urea groups is 1. The summed E-state index contributed by atoms with van der Waals surface area (Å²) >= 11 is 0. The van der Waals surface area contributed by atoms with Crippen LogP contribution < -0.4 is 0 Å². The van der Waals surface area contributed by atoms with E-state index in [0.29, 0.717) is 6.29 Å². The van der Waals surface area contributed by atoms with Gasteiger partial charge in [0.05, 0.1) is 19.3 Å². The van der Waals surface area contributed by atoms with Gasteiger partial charge in [0.1, 0.15) is 0 Å². The molecule has 0 aromatic carbocycles. The maximum atomic E-state index is 12.5. The molecule has 15 heavy (non-hydrogen) atoms. The molecule has 7 heteroatoms. The third kappa shape index (κ3) is 1.77. The molecule has 1 fully saturated rings. The second kappa shape index (κ2) is 3.18. The number of halogens is 2. The lowest BCUT2D eigenvalue weighted by Gasteiger charge is -2.39. The maximum absolute atomic E-state index is 12.5. The van der Waals surface area contributed by atoms with Crippen LogP contribution in [0.1, 0.15) is 0 Å². The Morgan fingerprint density at radius 2 is 2.20 bits per heavy atom. The van der Waals surface area contributed by atoms with Crippen molar-refractivity contribution in [1.29, 1.82) is 0 Å². The molecule has 0 bridgehead atoms. The Balaban J connectivity index is 1.94. The van der Waals surface area contributed by atoms with Crippen molar-refractivity contribution in [2.24, 2.45) is 0 Å². The third-order valence-corrected chi connectivity index (χ3v) is 2.13. The van der Waals surface area contributed by atoms with E-state index in [-0.39, 0.29) is 12.5 Å². The van der Waals surface area contributed by atoms with Crippen LogP contribution >= 0.6 is 0 Å². The molecule has 0 aromatic rings. The quantitative estimate of drug-likeness (QED) is 0.598. The van der Waals surface area contributed by atoms with Gasteiger partial charge in [0.2, 0.25) is 0 Å². The Kier molecular flexibility index (Phi) is 2.09. The van der Waals surface area contributed by atoms with Crippen LogP contribution in [0.15, 0.2) is 12.0 Å². The SMILES string of the molecule is O=CC1=CN(C(=O)N2CC(F)(F)C2)CO1. The van der Waals surface area contributed by atoms with Gasteiger partial charge >= 0.3 is 6.03 Å². The van der Waals surface area contributed by atoms with E-state index in [0.717, 1.165) is 9.80 Å². The van der Waals surface area contributed by atoms with Gasteiger partial charge in [0, 0.05) is 0 Å². The monoisotopic (exact) mass is 218 g/mol. The average Bonchev–Trinajstić information content (AvgIpc) is 2.61. The number of aldehydes is 1. The molecule has 0 aliphatic carbocycles. The maximum Gasteiger partial charge on any atom is 0.327 e. The van der Waals surface area contributed by atoms with Crippen LogP contribution in [-0.4, -0.2) is 47.9 Å². The summed E-state index contributed by atoms with van der Waals surface area (Å²) < 4.78 is 29.7. The van der Waals surface area contributed by atoms with Crippen LogP contribution in [-0.2, 0) is 9.53 Å². The predicted molar refractivity (Wildman–Crippen MR) is 43.9 cm³/mol. The highest BCUT2D eigenvalue weighted by atomic mass is 19.3. The van der Waals surface area contributed by atoms with Crippen LogP contribution in [0.2, 0.25) is 0 Å². The molecule has 2 heterocycles. The van der Waals surface area contributed by atoms with Gasteiger partial charge in [-0.1, -0.05) is 0 Å². The number of carbonyl (C=O) groups is 2. The molecule has 82 valence electrons. The zero-order chi connectivity index (χ0) is 11.1. The number of hydrogen-bond donors (Lipinski definition) is 0. The van der Waals surface area contributed by atoms with E-state index in [2.05, 4.69) is 0 Å². The molecule has 1 saturated heterocycles. The number of alkyl halides is 2. The number of hydrogen-bond acceptors (Lipinski definition) is 3. The van der Waals surface area contributed by atoms with E-state index in [1.165, 1.54) is 6.20 Å². The van der Waals surface area contributed by atoms with Gasteiger partial charge in [-0.25, -0.2) is 13.6 Å². The summed E-state index contributed by atoms with van der Waals surface area (Å²) in [5, 5.41) is 0. The first-order valence-corrected chi connectivity index (χ1v) is 4.25. The molecule has 0 saturated carbocycles. The van der Waals surface area contributed by atoms with Gasteiger partial charge < -0.3 is 9.64 Å².